The topological polar surface area (TPSA) is 0 Å². The number of hydrogen-bond acceptors (Lipinski definition) is 0. The predicted molar refractivity (Wildman–Crippen MR) is 108 cm³/mol. The average molecular weight is 363 g/mol. The third-order valence-electron chi connectivity index (χ3n) is 3.74. The zero-order chi connectivity index (χ0) is 17.5. The molecule has 0 fully saturated rings. The maximum absolute atomic E-state index is 6.26. The van der Waals surface area contributed by atoms with E-state index >= 15 is 0 Å². The van der Waals surface area contributed by atoms with E-state index in [1.807, 2.05) is 66.7 Å². The molecule has 1 unspecified atom stereocenters. The number of benzene rings is 3. The Kier molecular flexibility index (Phi) is 5.96. The van der Waals surface area contributed by atoms with Crippen molar-refractivity contribution in [3.8, 4) is 11.8 Å². The lowest BCUT2D eigenvalue weighted by Gasteiger charge is -2.06. The van der Waals surface area contributed by atoms with E-state index < -0.39 is 0 Å². The van der Waals surface area contributed by atoms with E-state index in [0.717, 1.165) is 16.7 Å². The van der Waals surface area contributed by atoms with Gasteiger partial charge in [0.15, 0.2) is 0 Å². The highest BCUT2D eigenvalue weighted by Gasteiger charge is 2.05. The Morgan fingerprint density at radius 1 is 0.800 bits per heavy atom. The summed E-state index contributed by atoms with van der Waals surface area (Å²) in [7, 11) is 0. The van der Waals surface area contributed by atoms with Gasteiger partial charge in [-0.2, -0.15) is 0 Å². The first-order valence-corrected chi connectivity index (χ1v) is 8.73. The van der Waals surface area contributed by atoms with Crippen LogP contribution in [0.4, 0.5) is 0 Å². The Bertz CT molecular complexity index is 917. The standard InChI is InChI=1S/C23H16Cl2/c24-22-16-15-21(23(25)17-22)14-13-20(19-9-5-2-6-10-19)12-11-18-7-3-1-4-8-18/h1-10,13-17,20H/b14-13+. The van der Waals surface area contributed by atoms with Crippen molar-refractivity contribution in [2.75, 3.05) is 0 Å². The molecule has 0 amide bonds. The van der Waals surface area contributed by atoms with Gasteiger partial charge in [-0.1, -0.05) is 102 Å². The molecule has 0 bridgehead atoms. The number of halogens is 2. The summed E-state index contributed by atoms with van der Waals surface area (Å²) in [6.45, 7) is 0. The van der Waals surface area contributed by atoms with Crippen LogP contribution in [0.2, 0.25) is 10.0 Å². The van der Waals surface area contributed by atoms with Crippen LogP contribution in [0, 0.1) is 11.8 Å². The van der Waals surface area contributed by atoms with Gasteiger partial charge in [-0.3, -0.25) is 0 Å². The van der Waals surface area contributed by atoms with Crippen molar-refractivity contribution < 1.29 is 0 Å². The third kappa shape index (κ3) is 5.00. The molecule has 3 aromatic rings. The van der Waals surface area contributed by atoms with Crippen LogP contribution in [-0.4, -0.2) is 0 Å². The fourth-order valence-corrected chi connectivity index (χ4v) is 2.89. The lowest BCUT2D eigenvalue weighted by molar-refractivity contribution is 1.13. The van der Waals surface area contributed by atoms with Crippen molar-refractivity contribution in [2.45, 2.75) is 5.92 Å². The molecule has 0 spiro atoms. The van der Waals surface area contributed by atoms with Crippen molar-refractivity contribution in [1.82, 2.24) is 0 Å². The summed E-state index contributed by atoms with van der Waals surface area (Å²) in [4.78, 5) is 0. The molecule has 0 saturated carbocycles. The zero-order valence-electron chi connectivity index (χ0n) is 13.5. The second-order valence-electron chi connectivity index (χ2n) is 5.55. The molecule has 0 N–H and O–H groups in total. The summed E-state index contributed by atoms with van der Waals surface area (Å²) in [6.07, 6.45) is 4.07. The van der Waals surface area contributed by atoms with Gasteiger partial charge in [-0.25, -0.2) is 0 Å². The molecule has 25 heavy (non-hydrogen) atoms. The van der Waals surface area contributed by atoms with Crippen LogP contribution >= 0.6 is 23.2 Å². The highest BCUT2D eigenvalue weighted by atomic mass is 35.5. The van der Waals surface area contributed by atoms with Crippen molar-refractivity contribution in [2.24, 2.45) is 0 Å². The van der Waals surface area contributed by atoms with E-state index in [0.29, 0.717) is 10.0 Å². The van der Waals surface area contributed by atoms with Crippen molar-refractivity contribution >= 4 is 29.3 Å². The normalized spacial score (nSPS) is 11.8. The molecular weight excluding hydrogens is 347 g/mol. The lowest BCUT2D eigenvalue weighted by atomic mass is 9.98. The molecule has 0 saturated heterocycles. The lowest BCUT2D eigenvalue weighted by Crippen LogP contribution is -1.91. The molecule has 0 heterocycles. The van der Waals surface area contributed by atoms with Gasteiger partial charge < -0.3 is 0 Å². The first-order chi connectivity index (χ1) is 12.2. The summed E-state index contributed by atoms with van der Waals surface area (Å²) in [5, 5.41) is 1.26. The van der Waals surface area contributed by atoms with Gasteiger partial charge in [-0.15, -0.1) is 0 Å². The summed E-state index contributed by atoms with van der Waals surface area (Å²) < 4.78 is 0. The third-order valence-corrected chi connectivity index (χ3v) is 4.30. The number of hydrogen-bond donors (Lipinski definition) is 0. The van der Waals surface area contributed by atoms with E-state index in [2.05, 4.69) is 30.0 Å². The van der Waals surface area contributed by atoms with Crippen LogP contribution in [0.3, 0.4) is 0 Å². The van der Waals surface area contributed by atoms with Crippen LogP contribution in [0.5, 0.6) is 0 Å². The molecule has 3 aromatic carbocycles. The van der Waals surface area contributed by atoms with Gasteiger partial charge in [0.05, 0.1) is 5.92 Å². The molecule has 3 rings (SSSR count). The maximum Gasteiger partial charge on any atom is 0.0639 e. The quantitative estimate of drug-likeness (QED) is 0.447. The summed E-state index contributed by atoms with van der Waals surface area (Å²) in [5.74, 6) is 6.58. The Labute approximate surface area is 158 Å². The SMILES string of the molecule is Clc1ccc(/C=C/C(C#Cc2ccccc2)c2ccccc2)c(Cl)c1. The first kappa shape index (κ1) is 17.4. The van der Waals surface area contributed by atoms with E-state index in [1.54, 1.807) is 6.07 Å². The minimum Gasteiger partial charge on any atom is -0.0855 e. The summed E-state index contributed by atoms with van der Waals surface area (Å²) in [5.41, 5.74) is 3.07. The molecule has 0 aliphatic heterocycles. The van der Waals surface area contributed by atoms with Crippen LogP contribution < -0.4 is 0 Å². The minimum atomic E-state index is -0.0202. The summed E-state index contributed by atoms with van der Waals surface area (Å²) in [6, 6.07) is 25.7. The van der Waals surface area contributed by atoms with E-state index in [1.165, 1.54) is 0 Å². The van der Waals surface area contributed by atoms with Crippen molar-refractivity contribution in [1.29, 1.82) is 0 Å². The molecule has 2 heteroatoms. The molecule has 0 aliphatic carbocycles. The van der Waals surface area contributed by atoms with Gasteiger partial charge >= 0.3 is 0 Å². The smallest absolute Gasteiger partial charge is 0.0639 e. The largest absolute Gasteiger partial charge is 0.0855 e. The van der Waals surface area contributed by atoms with Crippen LogP contribution in [0.1, 0.15) is 22.6 Å². The van der Waals surface area contributed by atoms with E-state index in [-0.39, 0.29) is 5.92 Å². The molecule has 1 atom stereocenters. The highest BCUT2D eigenvalue weighted by molar-refractivity contribution is 6.35. The predicted octanol–water partition coefficient (Wildman–Crippen LogP) is 6.84. The minimum absolute atomic E-state index is 0.0202. The second kappa shape index (κ2) is 8.58. The maximum atomic E-state index is 6.26. The molecule has 122 valence electrons. The van der Waals surface area contributed by atoms with E-state index in [9.17, 15) is 0 Å². The Hall–Kier alpha value is -2.46. The fourth-order valence-electron chi connectivity index (χ4n) is 2.42. The first-order valence-electron chi connectivity index (χ1n) is 7.97. The Balaban J connectivity index is 1.92. The van der Waals surface area contributed by atoms with E-state index in [4.69, 9.17) is 23.2 Å². The van der Waals surface area contributed by atoms with Gasteiger partial charge in [-0.05, 0) is 35.4 Å². The Morgan fingerprint density at radius 3 is 2.16 bits per heavy atom. The second-order valence-corrected chi connectivity index (χ2v) is 6.39. The molecule has 0 radical (unpaired) electrons. The van der Waals surface area contributed by atoms with Crippen LogP contribution in [-0.2, 0) is 0 Å². The molecular formula is C23H16Cl2. The average Bonchev–Trinajstić information content (AvgIpc) is 2.65. The monoisotopic (exact) mass is 362 g/mol. The highest BCUT2D eigenvalue weighted by Crippen LogP contribution is 2.24. The number of rotatable bonds is 3. The van der Waals surface area contributed by atoms with Gasteiger partial charge in [0, 0.05) is 15.6 Å². The van der Waals surface area contributed by atoms with Gasteiger partial charge in [0.25, 0.3) is 0 Å². The van der Waals surface area contributed by atoms with Crippen LogP contribution in [0.15, 0.2) is 84.9 Å². The number of allylic oxidation sites excluding steroid dienone is 1. The summed E-state index contributed by atoms with van der Waals surface area (Å²) >= 11 is 12.2. The zero-order valence-corrected chi connectivity index (χ0v) is 15.0. The molecule has 0 aromatic heterocycles. The van der Waals surface area contributed by atoms with Gasteiger partial charge in [0.2, 0.25) is 0 Å². The molecule has 0 nitrogen and oxygen atoms in total. The van der Waals surface area contributed by atoms with Crippen molar-refractivity contribution in [3.63, 3.8) is 0 Å². The van der Waals surface area contributed by atoms with Crippen LogP contribution in [0.25, 0.3) is 6.08 Å². The Morgan fingerprint density at radius 2 is 1.48 bits per heavy atom. The van der Waals surface area contributed by atoms with Crippen molar-refractivity contribution in [3.05, 3.63) is 112 Å². The molecule has 0 aliphatic rings. The van der Waals surface area contributed by atoms with Gasteiger partial charge in [0.1, 0.15) is 0 Å². The fraction of sp³-hybridized carbons (Fsp3) is 0.0435.